The fraction of sp³-hybridized carbons (Fsp3) is 0.538. The summed E-state index contributed by atoms with van der Waals surface area (Å²) in [6, 6.07) is 3.90. The summed E-state index contributed by atoms with van der Waals surface area (Å²) in [5, 5.41) is 3.28. The number of aromatic nitrogens is 1. The number of hydrogen-bond donors (Lipinski definition) is 1. The normalized spacial score (nSPS) is 16.8. The van der Waals surface area contributed by atoms with Crippen molar-refractivity contribution in [2.24, 2.45) is 5.92 Å². The molecular weight excluding hydrogens is 214 g/mol. The first-order chi connectivity index (χ1) is 8.27. The monoisotopic (exact) mass is 233 g/mol. The van der Waals surface area contributed by atoms with Crippen LogP contribution >= 0.6 is 0 Å². The smallest absolute Gasteiger partial charge is 0.225 e. The van der Waals surface area contributed by atoms with Gasteiger partial charge in [-0.05, 0) is 43.6 Å². The van der Waals surface area contributed by atoms with Gasteiger partial charge in [0, 0.05) is 31.9 Å². The van der Waals surface area contributed by atoms with E-state index in [2.05, 4.69) is 10.3 Å². The standard InChI is InChI=1S/C13H19N3O/c1-16(10-11-2-6-14-7-3-11)13(17)12-4-8-15-9-5-12/h2-3,6-7,12,15H,4-5,8-10H2,1H3. The third-order valence-corrected chi connectivity index (χ3v) is 3.23. The molecule has 1 aromatic heterocycles. The van der Waals surface area contributed by atoms with Gasteiger partial charge in [0.15, 0.2) is 0 Å². The van der Waals surface area contributed by atoms with Crippen molar-refractivity contribution >= 4 is 5.91 Å². The molecule has 1 aliphatic rings. The summed E-state index contributed by atoms with van der Waals surface area (Å²) >= 11 is 0. The van der Waals surface area contributed by atoms with E-state index in [1.807, 2.05) is 24.1 Å². The topological polar surface area (TPSA) is 45.2 Å². The number of carbonyl (C=O) groups is 1. The number of pyridine rings is 1. The lowest BCUT2D eigenvalue weighted by Gasteiger charge is -2.27. The van der Waals surface area contributed by atoms with Crippen LogP contribution in [-0.4, -0.2) is 35.9 Å². The van der Waals surface area contributed by atoms with Gasteiger partial charge in [0.1, 0.15) is 0 Å². The molecule has 0 radical (unpaired) electrons. The second kappa shape index (κ2) is 5.77. The summed E-state index contributed by atoms with van der Waals surface area (Å²) in [6.07, 6.45) is 5.44. The SMILES string of the molecule is CN(Cc1ccncc1)C(=O)C1CCNCC1. The van der Waals surface area contributed by atoms with Crippen LogP contribution < -0.4 is 5.32 Å². The van der Waals surface area contributed by atoms with Gasteiger partial charge in [0.25, 0.3) is 0 Å². The molecule has 4 nitrogen and oxygen atoms in total. The van der Waals surface area contributed by atoms with Crippen LogP contribution in [0, 0.1) is 5.92 Å². The zero-order valence-corrected chi connectivity index (χ0v) is 10.2. The summed E-state index contributed by atoms with van der Waals surface area (Å²) in [4.78, 5) is 18.0. The summed E-state index contributed by atoms with van der Waals surface area (Å²) in [6.45, 7) is 2.59. The van der Waals surface area contributed by atoms with Crippen molar-refractivity contribution in [3.8, 4) is 0 Å². The predicted octanol–water partition coefficient (Wildman–Crippen LogP) is 1.04. The fourth-order valence-electron chi connectivity index (χ4n) is 2.22. The molecule has 1 saturated heterocycles. The minimum Gasteiger partial charge on any atom is -0.341 e. The second-order valence-electron chi connectivity index (χ2n) is 4.57. The summed E-state index contributed by atoms with van der Waals surface area (Å²) in [5.41, 5.74) is 1.13. The third-order valence-electron chi connectivity index (χ3n) is 3.23. The van der Waals surface area contributed by atoms with Gasteiger partial charge in [-0.15, -0.1) is 0 Å². The van der Waals surface area contributed by atoms with E-state index in [0.717, 1.165) is 31.5 Å². The molecule has 1 N–H and O–H groups in total. The fourth-order valence-corrected chi connectivity index (χ4v) is 2.22. The van der Waals surface area contributed by atoms with Crippen molar-refractivity contribution in [2.45, 2.75) is 19.4 Å². The lowest BCUT2D eigenvalue weighted by Crippen LogP contribution is -2.38. The molecule has 2 heterocycles. The predicted molar refractivity (Wildman–Crippen MR) is 66.3 cm³/mol. The van der Waals surface area contributed by atoms with Crippen molar-refractivity contribution in [1.82, 2.24) is 15.2 Å². The van der Waals surface area contributed by atoms with Crippen LogP contribution in [0.2, 0.25) is 0 Å². The molecule has 2 rings (SSSR count). The van der Waals surface area contributed by atoms with Gasteiger partial charge < -0.3 is 10.2 Å². The molecule has 1 fully saturated rings. The zero-order valence-electron chi connectivity index (χ0n) is 10.2. The summed E-state index contributed by atoms with van der Waals surface area (Å²) < 4.78 is 0. The van der Waals surface area contributed by atoms with E-state index in [1.54, 1.807) is 12.4 Å². The lowest BCUT2D eigenvalue weighted by molar-refractivity contribution is -0.135. The number of piperidine rings is 1. The van der Waals surface area contributed by atoms with Gasteiger partial charge in [0.05, 0.1) is 0 Å². The number of nitrogens with zero attached hydrogens (tertiary/aromatic N) is 2. The number of hydrogen-bond acceptors (Lipinski definition) is 3. The maximum atomic E-state index is 12.2. The molecule has 0 unspecified atom stereocenters. The summed E-state index contributed by atoms with van der Waals surface area (Å²) in [7, 11) is 1.88. The molecule has 1 amide bonds. The molecule has 0 spiro atoms. The van der Waals surface area contributed by atoms with Crippen molar-refractivity contribution in [1.29, 1.82) is 0 Å². The maximum Gasteiger partial charge on any atom is 0.225 e. The average molecular weight is 233 g/mol. The Labute approximate surface area is 102 Å². The van der Waals surface area contributed by atoms with E-state index < -0.39 is 0 Å². The summed E-state index contributed by atoms with van der Waals surface area (Å²) in [5.74, 6) is 0.464. The molecule has 0 saturated carbocycles. The molecule has 4 heteroatoms. The Kier molecular flexibility index (Phi) is 4.09. The minimum absolute atomic E-state index is 0.197. The van der Waals surface area contributed by atoms with Crippen molar-refractivity contribution in [3.63, 3.8) is 0 Å². The Morgan fingerprint density at radius 2 is 2.06 bits per heavy atom. The highest BCUT2D eigenvalue weighted by Gasteiger charge is 2.23. The van der Waals surface area contributed by atoms with E-state index in [4.69, 9.17) is 0 Å². The van der Waals surface area contributed by atoms with Crippen LogP contribution in [0.1, 0.15) is 18.4 Å². The average Bonchev–Trinajstić information content (AvgIpc) is 2.40. The Hall–Kier alpha value is -1.42. The molecule has 0 atom stereocenters. The Bertz CT molecular complexity index is 360. The molecule has 92 valence electrons. The van der Waals surface area contributed by atoms with Crippen molar-refractivity contribution in [3.05, 3.63) is 30.1 Å². The van der Waals surface area contributed by atoms with Gasteiger partial charge >= 0.3 is 0 Å². The first-order valence-electron chi connectivity index (χ1n) is 6.12. The lowest BCUT2D eigenvalue weighted by atomic mass is 9.96. The largest absolute Gasteiger partial charge is 0.341 e. The van der Waals surface area contributed by atoms with E-state index >= 15 is 0 Å². The Morgan fingerprint density at radius 1 is 1.41 bits per heavy atom. The first kappa shape index (κ1) is 12.0. The molecule has 1 aliphatic heterocycles. The van der Waals surface area contributed by atoms with Crippen LogP contribution in [0.25, 0.3) is 0 Å². The minimum atomic E-state index is 0.197. The van der Waals surface area contributed by atoms with Crippen LogP contribution in [0.4, 0.5) is 0 Å². The van der Waals surface area contributed by atoms with E-state index in [1.165, 1.54) is 0 Å². The third kappa shape index (κ3) is 3.27. The van der Waals surface area contributed by atoms with Crippen molar-refractivity contribution < 1.29 is 4.79 Å². The maximum absolute atomic E-state index is 12.2. The highest BCUT2D eigenvalue weighted by atomic mass is 16.2. The highest BCUT2D eigenvalue weighted by Crippen LogP contribution is 2.15. The first-order valence-corrected chi connectivity index (χ1v) is 6.12. The Morgan fingerprint density at radius 3 is 2.71 bits per heavy atom. The van der Waals surface area contributed by atoms with Crippen LogP contribution in [0.3, 0.4) is 0 Å². The van der Waals surface area contributed by atoms with E-state index in [0.29, 0.717) is 6.54 Å². The van der Waals surface area contributed by atoms with E-state index in [-0.39, 0.29) is 11.8 Å². The van der Waals surface area contributed by atoms with E-state index in [9.17, 15) is 4.79 Å². The van der Waals surface area contributed by atoms with Crippen LogP contribution in [0.15, 0.2) is 24.5 Å². The number of nitrogens with one attached hydrogen (secondary N) is 1. The molecule has 17 heavy (non-hydrogen) atoms. The van der Waals surface area contributed by atoms with Crippen LogP contribution in [-0.2, 0) is 11.3 Å². The molecule has 0 bridgehead atoms. The number of amides is 1. The molecule has 0 aliphatic carbocycles. The quantitative estimate of drug-likeness (QED) is 0.848. The van der Waals surface area contributed by atoms with Gasteiger partial charge in [-0.3, -0.25) is 9.78 Å². The number of rotatable bonds is 3. The highest BCUT2D eigenvalue weighted by molar-refractivity contribution is 5.78. The molecule has 1 aromatic rings. The Balaban J connectivity index is 1.90. The second-order valence-corrected chi connectivity index (χ2v) is 4.57. The van der Waals surface area contributed by atoms with Gasteiger partial charge in [-0.25, -0.2) is 0 Å². The molecular formula is C13H19N3O. The zero-order chi connectivity index (χ0) is 12.1. The van der Waals surface area contributed by atoms with Gasteiger partial charge in [-0.2, -0.15) is 0 Å². The van der Waals surface area contributed by atoms with Gasteiger partial charge in [-0.1, -0.05) is 0 Å². The molecule has 0 aromatic carbocycles. The van der Waals surface area contributed by atoms with Crippen molar-refractivity contribution in [2.75, 3.05) is 20.1 Å². The van der Waals surface area contributed by atoms with Gasteiger partial charge in [0.2, 0.25) is 5.91 Å². The van der Waals surface area contributed by atoms with Crippen LogP contribution in [0.5, 0.6) is 0 Å². The number of carbonyl (C=O) groups excluding carboxylic acids is 1.